The summed E-state index contributed by atoms with van der Waals surface area (Å²) in [6.45, 7) is 3.21. The zero-order chi connectivity index (χ0) is 5.86. The third kappa shape index (κ3) is 3.67. The lowest BCUT2D eigenvalue weighted by atomic mass is 10.3. The molecule has 0 unspecified atom stereocenters. The van der Waals surface area contributed by atoms with Crippen LogP contribution >= 0.6 is 0 Å². The third-order valence-corrected chi connectivity index (χ3v) is 0.492. The van der Waals surface area contributed by atoms with Crippen LogP contribution in [0.5, 0.6) is 0 Å². The summed E-state index contributed by atoms with van der Waals surface area (Å²) in [5, 5.41) is 0. The molecule has 0 saturated heterocycles. The first-order valence-corrected chi connectivity index (χ1v) is 2.04. The number of hydrogen-bond donors (Lipinski definition) is 0. The van der Waals surface area contributed by atoms with Gasteiger partial charge in [-0.1, -0.05) is 6.92 Å². The fourth-order valence-electron chi connectivity index (χ4n) is 0.287. The molecule has 0 rings (SSSR count). The van der Waals surface area contributed by atoms with Crippen molar-refractivity contribution >= 4 is 5.78 Å². The molecule has 0 aromatic rings. The molecule has 0 aliphatic carbocycles. The molecule has 1 nitrogen and oxygen atoms in total. The molecular weight excluding hydrogens is 76.1 g/mol. The monoisotopic (exact) mass is 87.1 g/mol. The van der Waals surface area contributed by atoms with Crippen molar-refractivity contribution < 1.29 is 6.17 Å². The number of Topliss-reactive ketones (excluding diaryl/α,β-unsaturated/α-hetero) is 1. The minimum atomic E-state index is -0.225. The number of ketones is 1. The maximum Gasteiger partial charge on any atom is 0.129 e. The molecule has 1 atom stereocenters. The third-order valence-electron chi connectivity index (χ3n) is 0.492. The average molecular weight is 87.1 g/mol. The van der Waals surface area contributed by atoms with Gasteiger partial charge in [-0.2, -0.15) is 0 Å². The molecule has 0 bridgehead atoms. The van der Waals surface area contributed by atoms with Crippen LogP contribution in [0.3, 0.4) is 0 Å². The Bertz CT molecular complexity index is 68.5. The van der Waals surface area contributed by atoms with Crippen molar-refractivity contribution in [1.29, 1.82) is 0 Å². The van der Waals surface area contributed by atoms with Gasteiger partial charge in [0.05, 0.1) is 0 Å². The van der Waals surface area contributed by atoms with Gasteiger partial charge in [-0.25, -0.2) is 0 Å². The Balaban J connectivity index is 3.13. The van der Waals surface area contributed by atoms with Gasteiger partial charge in [-0.05, 0) is 13.3 Å². The SMILES string of the molecule is [2H][C@H](C)CC(C)=O. The van der Waals surface area contributed by atoms with E-state index in [1.54, 1.807) is 6.92 Å². The molecule has 36 valence electrons. The van der Waals surface area contributed by atoms with Crippen molar-refractivity contribution in [3.05, 3.63) is 0 Å². The Hall–Kier alpha value is -0.330. The zero-order valence-corrected chi connectivity index (χ0v) is 4.19. The van der Waals surface area contributed by atoms with Crippen LogP contribution in [0.15, 0.2) is 0 Å². The lowest BCUT2D eigenvalue weighted by Crippen LogP contribution is -1.84. The molecular formula is C5H10O. The summed E-state index contributed by atoms with van der Waals surface area (Å²) in [5.41, 5.74) is 0. The van der Waals surface area contributed by atoms with Crippen LogP contribution in [0.25, 0.3) is 0 Å². The molecule has 0 saturated carbocycles. The highest BCUT2D eigenvalue weighted by molar-refractivity contribution is 5.75. The van der Waals surface area contributed by atoms with Crippen molar-refractivity contribution in [3.8, 4) is 0 Å². The summed E-state index contributed by atoms with van der Waals surface area (Å²) < 4.78 is 6.89. The smallest absolute Gasteiger partial charge is 0.129 e. The summed E-state index contributed by atoms with van der Waals surface area (Å²) in [5.74, 6) is 0.0995. The van der Waals surface area contributed by atoms with Gasteiger partial charge in [0.1, 0.15) is 5.78 Å². The number of hydrogen-bond acceptors (Lipinski definition) is 1. The van der Waals surface area contributed by atoms with Gasteiger partial charge in [-0.15, -0.1) is 0 Å². The van der Waals surface area contributed by atoms with Gasteiger partial charge in [0.15, 0.2) is 0 Å². The number of carbonyl (C=O) groups excluding carboxylic acids is 1. The van der Waals surface area contributed by atoms with E-state index in [-0.39, 0.29) is 12.2 Å². The summed E-state index contributed by atoms with van der Waals surface area (Å²) in [6.07, 6.45) is 0.164. The molecule has 6 heavy (non-hydrogen) atoms. The minimum Gasteiger partial charge on any atom is -0.300 e. The number of rotatable bonds is 2. The van der Waals surface area contributed by atoms with Gasteiger partial charge >= 0.3 is 0 Å². The molecule has 1 heteroatoms. The zero-order valence-electron chi connectivity index (χ0n) is 5.19. The van der Waals surface area contributed by atoms with Gasteiger partial charge in [0, 0.05) is 7.79 Å². The molecule has 0 aliphatic heterocycles. The average Bonchev–Trinajstić information content (AvgIpc) is 1.27. The van der Waals surface area contributed by atoms with Crippen LogP contribution in [0.1, 0.15) is 28.0 Å². The maximum atomic E-state index is 10.1. The lowest BCUT2D eigenvalue weighted by Gasteiger charge is -1.80. The molecule has 0 heterocycles. The second-order valence-electron chi connectivity index (χ2n) is 1.31. The van der Waals surface area contributed by atoms with Crippen molar-refractivity contribution in [2.45, 2.75) is 26.7 Å². The first-order chi connectivity index (χ1) is 3.13. The van der Waals surface area contributed by atoms with Crippen LogP contribution in [-0.2, 0) is 4.79 Å². The van der Waals surface area contributed by atoms with Crippen LogP contribution in [0.2, 0.25) is 0 Å². The fourth-order valence-corrected chi connectivity index (χ4v) is 0.287. The molecule has 0 spiro atoms. The fraction of sp³-hybridized carbons (Fsp3) is 0.800. The Morgan fingerprint density at radius 2 is 2.50 bits per heavy atom. The standard InChI is InChI=1S/C5H10O/c1-3-4-5(2)6/h3-4H2,1-2H3/i3D/t3-/m1/s1. The van der Waals surface area contributed by atoms with E-state index in [1.165, 1.54) is 6.92 Å². The first-order valence-electron chi connectivity index (χ1n) is 2.62. The summed E-state index contributed by atoms with van der Waals surface area (Å²) in [4.78, 5) is 10.1. The van der Waals surface area contributed by atoms with Crippen molar-refractivity contribution in [2.24, 2.45) is 0 Å². The van der Waals surface area contributed by atoms with E-state index >= 15 is 0 Å². The molecule has 0 radical (unpaired) electrons. The predicted molar refractivity (Wildman–Crippen MR) is 25.6 cm³/mol. The Morgan fingerprint density at radius 3 is 2.50 bits per heavy atom. The Kier molecular flexibility index (Phi) is 1.85. The molecule has 0 aromatic heterocycles. The quantitative estimate of drug-likeness (QED) is 0.497. The van der Waals surface area contributed by atoms with Crippen molar-refractivity contribution in [2.75, 3.05) is 0 Å². The van der Waals surface area contributed by atoms with Gasteiger partial charge in [0.25, 0.3) is 0 Å². The first kappa shape index (κ1) is 3.85. The minimum absolute atomic E-state index is 0.0995. The van der Waals surface area contributed by atoms with Gasteiger partial charge in [-0.3, -0.25) is 0 Å². The van der Waals surface area contributed by atoms with E-state index < -0.39 is 0 Å². The molecule has 0 aromatic carbocycles. The summed E-state index contributed by atoms with van der Waals surface area (Å²) in [6, 6.07) is 0. The van der Waals surface area contributed by atoms with E-state index in [9.17, 15) is 4.79 Å². The van der Waals surface area contributed by atoms with E-state index in [4.69, 9.17) is 1.37 Å². The second kappa shape index (κ2) is 2.88. The molecule has 0 fully saturated rings. The normalized spacial score (nSPS) is 16.0. The van der Waals surface area contributed by atoms with Crippen molar-refractivity contribution in [1.82, 2.24) is 0 Å². The topological polar surface area (TPSA) is 17.1 Å². The Morgan fingerprint density at radius 1 is 2.00 bits per heavy atom. The highest BCUT2D eigenvalue weighted by atomic mass is 16.1. The van der Waals surface area contributed by atoms with E-state index in [1.807, 2.05) is 0 Å². The lowest BCUT2D eigenvalue weighted by molar-refractivity contribution is -0.117. The molecule has 0 N–H and O–H groups in total. The maximum absolute atomic E-state index is 10.1. The van der Waals surface area contributed by atoms with Crippen LogP contribution < -0.4 is 0 Å². The second-order valence-corrected chi connectivity index (χ2v) is 1.31. The molecule has 0 aliphatic rings. The van der Waals surface area contributed by atoms with Crippen LogP contribution in [-0.4, -0.2) is 5.78 Å². The highest BCUT2D eigenvalue weighted by Gasteiger charge is 1.83. The van der Waals surface area contributed by atoms with Crippen LogP contribution in [0, 0.1) is 0 Å². The van der Waals surface area contributed by atoms with Gasteiger partial charge in [0.2, 0.25) is 0 Å². The molecule has 0 amide bonds. The Labute approximate surface area is 39.8 Å². The summed E-state index contributed by atoms with van der Waals surface area (Å²) in [7, 11) is 0. The number of carbonyl (C=O) groups is 1. The van der Waals surface area contributed by atoms with E-state index in [2.05, 4.69) is 0 Å². The largest absolute Gasteiger partial charge is 0.300 e. The highest BCUT2D eigenvalue weighted by Crippen LogP contribution is 1.84. The van der Waals surface area contributed by atoms with E-state index in [0.29, 0.717) is 6.42 Å². The summed E-state index contributed by atoms with van der Waals surface area (Å²) >= 11 is 0. The van der Waals surface area contributed by atoms with Crippen molar-refractivity contribution in [3.63, 3.8) is 0 Å². The van der Waals surface area contributed by atoms with Gasteiger partial charge < -0.3 is 4.79 Å². The van der Waals surface area contributed by atoms with E-state index in [0.717, 1.165) is 0 Å². The predicted octanol–water partition coefficient (Wildman–Crippen LogP) is 1.38. The van der Waals surface area contributed by atoms with Crippen LogP contribution in [0.4, 0.5) is 0 Å².